The quantitative estimate of drug-likeness (QED) is 0.515. The van der Waals surface area contributed by atoms with E-state index in [4.69, 9.17) is 4.55 Å². The number of imidazole rings is 1. The first-order valence-electron chi connectivity index (χ1n) is 10.0. The van der Waals surface area contributed by atoms with Crippen LogP contribution < -0.4 is 14.8 Å². The van der Waals surface area contributed by atoms with Crippen LogP contribution >= 0.6 is 0 Å². The first kappa shape index (κ1) is 23.1. The van der Waals surface area contributed by atoms with Crippen LogP contribution in [0.5, 0.6) is 5.75 Å². The van der Waals surface area contributed by atoms with Crippen molar-refractivity contribution < 1.29 is 30.3 Å². The molecule has 0 spiro atoms. The summed E-state index contributed by atoms with van der Waals surface area (Å²) in [4.78, 5) is 18.9. The predicted octanol–water partition coefficient (Wildman–Crippen LogP) is 2.35. The van der Waals surface area contributed by atoms with Crippen molar-refractivity contribution in [3.8, 4) is 5.75 Å². The van der Waals surface area contributed by atoms with Gasteiger partial charge in [0, 0.05) is 45.0 Å². The molecule has 2 heterocycles. The van der Waals surface area contributed by atoms with Gasteiger partial charge in [-0.15, -0.1) is 0 Å². The van der Waals surface area contributed by atoms with Crippen molar-refractivity contribution in [3.63, 3.8) is 0 Å². The Morgan fingerprint density at radius 3 is 2.39 bits per heavy atom. The van der Waals surface area contributed by atoms with Gasteiger partial charge in [0.2, 0.25) is 0 Å². The van der Waals surface area contributed by atoms with Gasteiger partial charge in [0.05, 0.1) is 11.1 Å². The zero-order valence-electron chi connectivity index (χ0n) is 17.2. The van der Waals surface area contributed by atoms with E-state index in [0.717, 1.165) is 12.1 Å². The van der Waals surface area contributed by atoms with Gasteiger partial charge in [-0.3, -0.25) is 14.0 Å². The second-order valence-electron chi connectivity index (χ2n) is 7.62. The molecule has 1 aromatic heterocycles. The molecule has 2 N–H and O–H groups in total. The standard InChI is InChI=1S/C20H21F3N4O5S/c21-20(22,23)14-3-1-4-15(13-14)26-10-7-25(8-11-26)9-12-27-16-5-2-6-17(32-33(29,30)31)18(16)24-19(27)28/h1-6,13H,7-12H2,(H,24,28)(H,29,30,31). The van der Waals surface area contributed by atoms with E-state index in [1.807, 2.05) is 4.90 Å². The number of hydrogen-bond donors (Lipinski definition) is 2. The molecule has 3 aromatic rings. The SMILES string of the molecule is O=c1[nH]c2c(OS(=O)(=O)O)cccc2n1CCN1CCN(c2cccc(C(F)(F)F)c2)CC1. The topological polar surface area (TPSA) is 108 Å². The lowest BCUT2D eigenvalue weighted by Gasteiger charge is -2.36. The lowest BCUT2D eigenvalue weighted by Crippen LogP contribution is -2.47. The zero-order valence-corrected chi connectivity index (χ0v) is 18.1. The zero-order chi connectivity index (χ0) is 23.8. The van der Waals surface area contributed by atoms with E-state index in [1.165, 1.54) is 22.8 Å². The normalized spacial score (nSPS) is 15.8. The fraction of sp³-hybridized carbons (Fsp3) is 0.350. The lowest BCUT2D eigenvalue weighted by atomic mass is 10.1. The number of aromatic amines is 1. The number of nitrogens with one attached hydrogen (secondary N) is 1. The maximum atomic E-state index is 13.0. The van der Waals surface area contributed by atoms with Gasteiger partial charge in [-0.05, 0) is 30.3 Å². The summed E-state index contributed by atoms with van der Waals surface area (Å²) in [5.41, 5.74) is -0.0561. The molecule has 1 aliphatic heterocycles. The molecule has 0 bridgehead atoms. The number of benzene rings is 2. The van der Waals surface area contributed by atoms with E-state index >= 15 is 0 Å². The molecule has 178 valence electrons. The molecule has 0 saturated carbocycles. The molecule has 0 aliphatic carbocycles. The van der Waals surface area contributed by atoms with Crippen LogP contribution in [0.25, 0.3) is 11.0 Å². The monoisotopic (exact) mass is 486 g/mol. The fourth-order valence-corrected chi connectivity index (χ4v) is 4.27. The maximum absolute atomic E-state index is 13.0. The smallest absolute Gasteiger partial charge is 0.369 e. The van der Waals surface area contributed by atoms with Crippen molar-refractivity contribution in [2.75, 3.05) is 37.6 Å². The second-order valence-corrected chi connectivity index (χ2v) is 8.64. The Bertz CT molecular complexity index is 1310. The minimum Gasteiger partial charge on any atom is -0.369 e. The van der Waals surface area contributed by atoms with Crippen LogP contribution in [0, 0.1) is 0 Å². The fourth-order valence-electron chi connectivity index (χ4n) is 3.91. The molecule has 1 fully saturated rings. The highest BCUT2D eigenvalue weighted by molar-refractivity contribution is 7.81. The molecule has 33 heavy (non-hydrogen) atoms. The van der Waals surface area contributed by atoms with Crippen LogP contribution in [0.1, 0.15) is 5.56 Å². The Morgan fingerprint density at radius 2 is 1.73 bits per heavy atom. The molecule has 1 saturated heterocycles. The Morgan fingerprint density at radius 1 is 1.03 bits per heavy atom. The van der Waals surface area contributed by atoms with E-state index in [0.29, 0.717) is 50.5 Å². The number of nitrogens with zero attached hydrogens (tertiary/aromatic N) is 3. The number of aromatic nitrogens is 2. The number of fused-ring (bicyclic) bond motifs is 1. The third-order valence-electron chi connectivity index (χ3n) is 5.52. The Hall–Kier alpha value is -3.03. The highest BCUT2D eigenvalue weighted by Crippen LogP contribution is 2.32. The summed E-state index contributed by atoms with van der Waals surface area (Å²) in [6.45, 7) is 3.09. The maximum Gasteiger partial charge on any atom is 0.446 e. The van der Waals surface area contributed by atoms with E-state index in [1.54, 1.807) is 12.1 Å². The highest BCUT2D eigenvalue weighted by atomic mass is 32.3. The van der Waals surface area contributed by atoms with Gasteiger partial charge in [-0.25, -0.2) is 4.79 Å². The number of H-pyrrole nitrogens is 1. The van der Waals surface area contributed by atoms with E-state index < -0.39 is 27.8 Å². The van der Waals surface area contributed by atoms with Crippen molar-refractivity contribution in [1.82, 2.24) is 14.5 Å². The number of para-hydroxylation sites is 1. The predicted molar refractivity (Wildman–Crippen MR) is 115 cm³/mol. The third kappa shape index (κ3) is 5.31. The number of anilines is 1. The Labute approximate surface area is 186 Å². The van der Waals surface area contributed by atoms with Gasteiger partial charge in [0.25, 0.3) is 0 Å². The number of piperazine rings is 1. The molecule has 4 rings (SSSR count). The number of hydrogen-bond acceptors (Lipinski definition) is 6. The Balaban J connectivity index is 1.41. The van der Waals surface area contributed by atoms with E-state index in [2.05, 4.69) is 14.1 Å². The molecular weight excluding hydrogens is 465 g/mol. The van der Waals surface area contributed by atoms with Crippen molar-refractivity contribution >= 4 is 27.1 Å². The molecule has 0 amide bonds. The second kappa shape index (κ2) is 8.72. The molecule has 9 nitrogen and oxygen atoms in total. The number of alkyl halides is 3. The third-order valence-corrected chi connectivity index (χ3v) is 5.91. The summed E-state index contributed by atoms with van der Waals surface area (Å²) >= 11 is 0. The van der Waals surface area contributed by atoms with Crippen LogP contribution in [0.4, 0.5) is 18.9 Å². The minimum atomic E-state index is -4.75. The van der Waals surface area contributed by atoms with Crippen molar-refractivity contribution in [2.24, 2.45) is 0 Å². The average Bonchev–Trinajstić information content (AvgIpc) is 3.07. The minimum absolute atomic E-state index is 0.148. The molecule has 0 atom stereocenters. The first-order valence-corrected chi connectivity index (χ1v) is 11.4. The molecule has 0 radical (unpaired) electrons. The molecule has 0 unspecified atom stereocenters. The summed E-state index contributed by atoms with van der Waals surface area (Å²) in [6.07, 6.45) is -4.39. The molecule has 13 heteroatoms. The van der Waals surface area contributed by atoms with Crippen LogP contribution in [0.15, 0.2) is 47.3 Å². The highest BCUT2D eigenvalue weighted by Gasteiger charge is 2.31. The van der Waals surface area contributed by atoms with Crippen LogP contribution in [-0.4, -0.2) is 60.1 Å². The molecule has 2 aromatic carbocycles. The van der Waals surface area contributed by atoms with Gasteiger partial charge in [0.1, 0.15) is 5.52 Å². The first-order chi connectivity index (χ1) is 15.5. The van der Waals surface area contributed by atoms with Crippen LogP contribution in [-0.2, 0) is 23.1 Å². The van der Waals surface area contributed by atoms with Crippen LogP contribution in [0.3, 0.4) is 0 Å². The van der Waals surface area contributed by atoms with E-state index in [-0.39, 0.29) is 11.3 Å². The molecular formula is C20H21F3N4O5S. The average molecular weight is 486 g/mol. The summed E-state index contributed by atoms with van der Waals surface area (Å²) in [5, 5.41) is 0. The van der Waals surface area contributed by atoms with Gasteiger partial charge in [-0.2, -0.15) is 21.6 Å². The summed E-state index contributed by atoms with van der Waals surface area (Å²) in [7, 11) is -4.75. The summed E-state index contributed by atoms with van der Waals surface area (Å²) in [5.74, 6) is -0.194. The molecule has 1 aliphatic rings. The van der Waals surface area contributed by atoms with Gasteiger partial charge < -0.3 is 14.1 Å². The largest absolute Gasteiger partial charge is 0.446 e. The van der Waals surface area contributed by atoms with E-state index in [9.17, 15) is 26.4 Å². The van der Waals surface area contributed by atoms with Crippen molar-refractivity contribution in [3.05, 3.63) is 58.5 Å². The van der Waals surface area contributed by atoms with Crippen LogP contribution in [0.2, 0.25) is 0 Å². The number of rotatable bonds is 6. The summed E-state index contributed by atoms with van der Waals surface area (Å²) in [6, 6.07) is 9.68. The van der Waals surface area contributed by atoms with Gasteiger partial charge in [-0.1, -0.05) is 12.1 Å². The van der Waals surface area contributed by atoms with Gasteiger partial charge in [0.15, 0.2) is 5.75 Å². The lowest BCUT2D eigenvalue weighted by molar-refractivity contribution is -0.137. The Kier molecular flexibility index (Phi) is 6.12. The van der Waals surface area contributed by atoms with Crippen molar-refractivity contribution in [2.45, 2.75) is 12.7 Å². The van der Waals surface area contributed by atoms with Crippen molar-refractivity contribution in [1.29, 1.82) is 0 Å². The summed E-state index contributed by atoms with van der Waals surface area (Å²) < 4.78 is 75.9. The van der Waals surface area contributed by atoms with Gasteiger partial charge >= 0.3 is 22.3 Å². The number of halogens is 3.